The molecule has 2 amide bonds. The highest BCUT2D eigenvalue weighted by Gasteiger charge is 2.31. The number of carbonyl (C=O) groups is 2. The molecular weight excluding hydrogens is 494 g/mol. The molecule has 0 spiro atoms. The molecule has 0 heterocycles. The van der Waals surface area contributed by atoms with E-state index in [4.69, 9.17) is 21.1 Å². The molecule has 0 aliphatic rings. The fraction of sp³-hybridized carbons (Fsp3) is 0.417. The summed E-state index contributed by atoms with van der Waals surface area (Å²) in [6.07, 6.45) is 1.36. The average molecular weight is 526 g/mol. The van der Waals surface area contributed by atoms with Crippen molar-refractivity contribution >= 4 is 39.1 Å². The molecule has 192 valence electrons. The summed E-state index contributed by atoms with van der Waals surface area (Å²) in [6, 6.07) is 10.8. The lowest BCUT2D eigenvalue weighted by molar-refractivity contribution is -0.140. The van der Waals surface area contributed by atoms with Gasteiger partial charge in [0.15, 0.2) is 0 Å². The molecule has 11 heteroatoms. The highest BCUT2D eigenvalue weighted by molar-refractivity contribution is 7.92. The molecule has 1 atom stereocenters. The first-order chi connectivity index (χ1) is 16.5. The molecule has 1 unspecified atom stereocenters. The molecule has 0 aliphatic carbocycles. The number of benzene rings is 2. The maximum atomic E-state index is 13.6. The minimum absolute atomic E-state index is 0.111. The molecule has 0 aromatic heterocycles. The van der Waals surface area contributed by atoms with Gasteiger partial charge in [-0.1, -0.05) is 30.7 Å². The third kappa shape index (κ3) is 7.50. The van der Waals surface area contributed by atoms with E-state index in [1.165, 1.54) is 30.2 Å². The number of halogens is 1. The van der Waals surface area contributed by atoms with Crippen molar-refractivity contribution in [3.63, 3.8) is 0 Å². The minimum atomic E-state index is -3.86. The summed E-state index contributed by atoms with van der Waals surface area (Å²) in [5.74, 6) is 0.187. The quantitative estimate of drug-likeness (QED) is 0.456. The van der Waals surface area contributed by atoms with E-state index in [0.29, 0.717) is 24.5 Å². The Morgan fingerprint density at radius 3 is 2.20 bits per heavy atom. The van der Waals surface area contributed by atoms with Gasteiger partial charge in [0.25, 0.3) is 0 Å². The maximum absolute atomic E-state index is 13.6. The van der Waals surface area contributed by atoms with Crippen molar-refractivity contribution in [2.45, 2.75) is 32.9 Å². The van der Waals surface area contributed by atoms with Crippen LogP contribution in [0.5, 0.6) is 11.5 Å². The molecule has 0 saturated carbocycles. The number of carbonyl (C=O) groups excluding carboxylic acids is 2. The van der Waals surface area contributed by atoms with Gasteiger partial charge in [0.1, 0.15) is 24.1 Å². The van der Waals surface area contributed by atoms with Crippen LogP contribution in [0.25, 0.3) is 0 Å². The summed E-state index contributed by atoms with van der Waals surface area (Å²) < 4.78 is 36.6. The van der Waals surface area contributed by atoms with Gasteiger partial charge in [0, 0.05) is 13.1 Å². The Hall–Kier alpha value is -2.98. The average Bonchev–Trinajstić information content (AvgIpc) is 2.82. The number of likely N-dealkylation sites (N-methyl/N-ethyl adjacent to an activating group) is 1. The van der Waals surface area contributed by atoms with Gasteiger partial charge < -0.3 is 19.7 Å². The van der Waals surface area contributed by atoms with Gasteiger partial charge in [-0.3, -0.25) is 13.9 Å². The Balaban J connectivity index is 2.44. The van der Waals surface area contributed by atoms with Gasteiger partial charge in [-0.25, -0.2) is 8.42 Å². The Morgan fingerprint density at radius 1 is 1.06 bits per heavy atom. The van der Waals surface area contributed by atoms with Crippen LogP contribution in [0.1, 0.15) is 25.8 Å². The second-order valence-corrected chi connectivity index (χ2v) is 10.1. The first-order valence-corrected chi connectivity index (χ1v) is 13.3. The van der Waals surface area contributed by atoms with E-state index >= 15 is 0 Å². The predicted octanol–water partition coefficient (Wildman–Crippen LogP) is 3.07. The van der Waals surface area contributed by atoms with Crippen molar-refractivity contribution < 1.29 is 27.5 Å². The lowest BCUT2D eigenvalue weighted by Gasteiger charge is -2.32. The molecule has 2 aromatic rings. The Kier molecular flexibility index (Phi) is 10.2. The highest BCUT2D eigenvalue weighted by Crippen LogP contribution is 2.30. The second-order valence-electron chi connectivity index (χ2n) is 7.78. The van der Waals surface area contributed by atoms with E-state index in [1.54, 1.807) is 45.2 Å². The number of hydrogen-bond donors (Lipinski definition) is 1. The summed E-state index contributed by atoms with van der Waals surface area (Å²) >= 11 is 6.20. The van der Waals surface area contributed by atoms with Crippen LogP contribution in [0.15, 0.2) is 42.5 Å². The van der Waals surface area contributed by atoms with Crippen LogP contribution < -0.4 is 19.1 Å². The van der Waals surface area contributed by atoms with Crippen molar-refractivity contribution in [3.05, 3.63) is 53.1 Å². The number of rotatable bonds is 12. The lowest BCUT2D eigenvalue weighted by atomic mass is 10.1. The molecule has 0 saturated heterocycles. The smallest absolute Gasteiger partial charge is 0.244 e. The van der Waals surface area contributed by atoms with Crippen LogP contribution in [0.4, 0.5) is 5.69 Å². The van der Waals surface area contributed by atoms with Crippen LogP contribution in [0, 0.1) is 0 Å². The highest BCUT2D eigenvalue weighted by atomic mass is 35.5. The van der Waals surface area contributed by atoms with Gasteiger partial charge in [0.2, 0.25) is 21.8 Å². The van der Waals surface area contributed by atoms with E-state index in [0.717, 1.165) is 16.1 Å². The molecule has 0 radical (unpaired) electrons. The third-order valence-corrected chi connectivity index (χ3v) is 6.79. The van der Waals surface area contributed by atoms with Crippen LogP contribution >= 0.6 is 11.6 Å². The number of methoxy groups -OCH3 is 2. The predicted molar refractivity (Wildman–Crippen MR) is 137 cm³/mol. The summed E-state index contributed by atoms with van der Waals surface area (Å²) in [5.41, 5.74) is 0.974. The van der Waals surface area contributed by atoms with E-state index in [9.17, 15) is 18.0 Å². The number of ether oxygens (including phenoxy) is 2. The van der Waals surface area contributed by atoms with Gasteiger partial charge in [-0.05, 0) is 49.2 Å². The molecule has 0 fully saturated rings. The zero-order chi connectivity index (χ0) is 26.2. The van der Waals surface area contributed by atoms with Crippen molar-refractivity contribution in [2.75, 3.05) is 37.9 Å². The minimum Gasteiger partial charge on any atom is -0.497 e. The van der Waals surface area contributed by atoms with Crippen molar-refractivity contribution in [1.82, 2.24) is 10.2 Å². The Morgan fingerprint density at radius 2 is 1.71 bits per heavy atom. The molecule has 9 nitrogen and oxygen atoms in total. The first kappa shape index (κ1) is 28.3. The fourth-order valence-corrected chi connectivity index (χ4v) is 4.66. The summed E-state index contributed by atoms with van der Waals surface area (Å²) in [4.78, 5) is 27.8. The van der Waals surface area contributed by atoms with Crippen molar-refractivity contribution in [2.24, 2.45) is 0 Å². The lowest BCUT2D eigenvalue weighted by Crippen LogP contribution is -2.52. The number of nitrogens with zero attached hydrogens (tertiary/aromatic N) is 2. The van der Waals surface area contributed by atoms with Crippen LogP contribution in [0.3, 0.4) is 0 Å². The number of hydrogen-bond acceptors (Lipinski definition) is 6. The monoisotopic (exact) mass is 525 g/mol. The summed E-state index contributed by atoms with van der Waals surface area (Å²) in [6.45, 7) is 3.59. The summed E-state index contributed by atoms with van der Waals surface area (Å²) in [5, 5.41) is 2.96. The molecule has 0 bridgehead atoms. The van der Waals surface area contributed by atoms with E-state index < -0.39 is 28.5 Å². The number of anilines is 1. The topological polar surface area (TPSA) is 105 Å². The SMILES string of the molecule is CCNC(=O)C(CC)N(Cc1ccc(OC)cc1)C(=O)CN(c1ccc(OC)c(Cl)c1)S(C)(=O)=O. The zero-order valence-corrected chi connectivity index (χ0v) is 22.1. The maximum Gasteiger partial charge on any atom is 0.244 e. The molecular formula is C24H32ClN3O6S. The fourth-order valence-electron chi connectivity index (χ4n) is 3.56. The summed E-state index contributed by atoms with van der Waals surface area (Å²) in [7, 11) is -0.858. The van der Waals surface area contributed by atoms with E-state index in [1.807, 2.05) is 0 Å². The number of amides is 2. The Bertz CT molecular complexity index is 1120. The van der Waals surface area contributed by atoms with Crippen molar-refractivity contribution in [1.29, 1.82) is 0 Å². The third-order valence-electron chi connectivity index (χ3n) is 5.35. The van der Waals surface area contributed by atoms with Crippen LogP contribution in [-0.2, 0) is 26.2 Å². The van der Waals surface area contributed by atoms with Crippen molar-refractivity contribution in [3.8, 4) is 11.5 Å². The van der Waals surface area contributed by atoms with E-state index in [-0.39, 0.29) is 23.2 Å². The molecule has 2 rings (SSSR count). The second kappa shape index (κ2) is 12.6. The number of sulfonamides is 1. The largest absolute Gasteiger partial charge is 0.497 e. The van der Waals surface area contributed by atoms with Gasteiger partial charge >= 0.3 is 0 Å². The standard InChI is InChI=1S/C24H32ClN3O6S/c1-6-21(24(30)26-7-2)27(15-17-8-11-19(33-3)12-9-17)23(29)16-28(35(5,31)32)18-10-13-22(34-4)20(25)14-18/h8-14,21H,6-7,15-16H2,1-5H3,(H,26,30). The molecule has 0 aliphatic heterocycles. The Labute approximate surface area is 212 Å². The zero-order valence-electron chi connectivity index (χ0n) is 20.6. The molecule has 1 N–H and O–H groups in total. The van der Waals surface area contributed by atoms with Gasteiger partial charge in [0.05, 0.1) is 31.2 Å². The molecule has 2 aromatic carbocycles. The molecule has 35 heavy (non-hydrogen) atoms. The number of nitrogens with one attached hydrogen (secondary N) is 1. The van der Waals surface area contributed by atoms with Gasteiger partial charge in [-0.2, -0.15) is 0 Å². The van der Waals surface area contributed by atoms with E-state index in [2.05, 4.69) is 5.32 Å². The van der Waals surface area contributed by atoms with Crippen LogP contribution in [-0.4, -0.2) is 64.7 Å². The van der Waals surface area contributed by atoms with Crippen LogP contribution in [0.2, 0.25) is 5.02 Å². The normalized spacial score (nSPS) is 11.9. The first-order valence-electron chi connectivity index (χ1n) is 11.1. The van der Waals surface area contributed by atoms with Gasteiger partial charge in [-0.15, -0.1) is 0 Å².